The van der Waals surface area contributed by atoms with E-state index in [1.165, 1.54) is 45.2 Å². The van der Waals surface area contributed by atoms with E-state index in [9.17, 15) is 47.4 Å². The van der Waals surface area contributed by atoms with Crippen LogP contribution in [-0.4, -0.2) is 89.7 Å². The van der Waals surface area contributed by atoms with Gasteiger partial charge in [-0.05, 0) is 67.2 Å². The number of nitrogens with one attached hydrogen (secondary N) is 1. The molecule has 11 nitrogen and oxygen atoms in total. The van der Waals surface area contributed by atoms with Gasteiger partial charge in [0.1, 0.15) is 11.5 Å². The molecule has 0 bridgehead atoms. The number of methoxy groups -OCH3 is 1. The maximum atomic E-state index is 14.4. The zero-order valence-corrected chi connectivity index (χ0v) is 26.4. The fraction of sp³-hybridized carbons (Fsp3) is 0.485. The third-order valence-electron chi connectivity index (χ3n) is 10.1. The maximum Gasteiger partial charge on any atom is 0.401 e. The number of amides is 1. The summed E-state index contributed by atoms with van der Waals surface area (Å²) in [4.78, 5) is 69.8. The van der Waals surface area contributed by atoms with E-state index < -0.39 is 81.8 Å². The van der Waals surface area contributed by atoms with Crippen LogP contribution in [0.25, 0.3) is 11.1 Å². The van der Waals surface area contributed by atoms with Crippen molar-refractivity contribution in [2.75, 3.05) is 27.7 Å². The molecule has 14 heteroatoms. The van der Waals surface area contributed by atoms with Gasteiger partial charge < -0.3 is 26.0 Å². The smallest absolute Gasteiger partial charge is 0.401 e. The molecule has 47 heavy (non-hydrogen) atoms. The Labute approximate surface area is 268 Å². The fourth-order valence-electron chi connectivity index (χ4n) is 8.40. The van der Waals surface area contributed by atoms with Crippen molar-refractivity contribution in [1.82, 2.24) is 10.2 Å². The van der Waals surface area contributed by atoms with Gasteiger partial charge in [0.15, 0.2) is 34.7 Å². The number of rotatable bonds is 7. The molecule has 0 saturated heterocycles. The minimum atomic E-state index is -4.42. The van der Waals surface area contributed by atoms with Crippen LogP contribution < -0.4 is 15.8 Å². The summed E-state index contributed by atoms with van der Waals surface area (Å²) in [5, 5.41) is 25.4. The number of hydrogen-bond acceptors (Lipinski definition) is 10. The fourth-order valence-corrected chi connectivity index (χ4v) is 8.40. The Kier molecular flexibility index (Phi) is 8.18. The Bertz CT molecular complexity index is 1730. The maximum absolute atomic E-state index is 14.4. The average molecular weight is 660 g/mol. The number of ether oxygens (including phenoxy) is 1. The Morgan fingerprint density at radius 1 is 1.09 bits per heavy atom. The van der Waals surface area contributed by atoms with E-state index in [2.05, 4.69) is 5.32 Å². The minimum Gasteiger partial charge on any atom is -0.507 e. The van der Waals surface area contributed by atoms with Gasteiger partial charge in [-0.15, -0.1) is 0 Å². The normalized spacial score (nSPS) is 30.6. The van der Waals surface area contributed by atoms with Crippen molar-refractivity contribution in [2.24, 2.45) is 28.4 Å². The van der Waals surface area contributed by atoms with E-state index in [4.69, 9.17) is 10.5 Å². The molecule has 3 aliphatic carbocycles. The summed E-state index contributed by atoms with van der Waals surface area (Å²) in [7, 11) is 4.40. The molecule has 5 rings (SSSR count). The molecular formula is C33H36F3N3O8. The highest BCUT2D eigenvalue weighted by molar-refractivity contribution is 6.33. The summed E-state index contributed by atoms with van der Waals surface area (Å²) in [6.45, 7) is 1.69. The number of phenolic OH excluding ortho intramolecular Hbond substituents is 1. The van der Waals surface area contributed by atoms with E-state index in [1.54, 1.807) is 25.1 Å². The Morgan fingerprint density at radius 2 is 1.74 bits per heavy atom. The standard InChI is InChI=1S/C33H36F3N3O8/c1-30-11-18-16(17-10-15(6-9-20(17)47-5)12-38-14-32(34,35)36)7-8-19(40)21(18)24(41)23(30)28(44)33(46)27(43)22(29(37)45)25(42)26(39(3)4)31(33,2)13-30/h6-10,22-23,26,38,40,46H,11-14H2,1-5H3,(H2,37,45)/t22?,23?,26-,30+,31+,33-/m1/s1. The molecule has 3 aliphatic rings. The molecule has 0 heterocycles. The van der Waals surface area contributed by atoms with Crippen molar-refractivity contribution in [3.05, 3.63) is 47.0 Å². The largest absolute Gasteiger partial charge is 0.507 e. The average Bonchev–Trinajstić information content (AvgIpc) is 2.94. The second-order valence-electron chi connectivity index (χ2n) is 13.5. The van der Waals surface area contributed by atoms with Gasteiger partial charge in [-0.25, -0.2) is 0 Å². The number of fused-ring (bicyclic) bond motifs is 3. The zero-order chi connectivity index (χ0) is 35.0. The van der Waals surface area contributed by atoms with Crippen LogP contribution in [0.2, 0.25) is 0 Å². The Balaban J connectivity index is 1.67. The van der Waals surface area contributed by atoms with E-state index in [0.717, 1.165) is 0 Å². The van der Waals surface area contributed by atoms with Crippen molar-refractivity contribution < 1.29 is 52.1 Å². The lowest BCUT2D eigenvalue weighted by atomic mass is 9.42. The van der Waals surface area contributed by atoms with Crippen LogP contribution in [-0.2, 0) is 32.1 Å². The molecule has 1 amide bonds. The predicted molar refractivity (Wildman–Crippen MR) is 160 cm³/mol. The third kappa shape index (κ3) is 5.04. The topological polar surface area (TPSA) is 176 Å². The first-order valence-electron chi connectivity index (χ1n) is 14.9. The number of nitrogens with zero attached hydrogens (tertiary/aromatic N) is 1. The molecule has 2 saturated carbocycles. The second kappa shape index (κ2) is 11.2. The number of carbonyl (C=O) groups excluding carboxylic acids is 5. The van der Waals surface area contributed by atoms with Gasteiger partial charge in [0, 0.05) is 17.5 Å². The molecule has 6 atom stereocenters. The number of nitrogens with two attached hydrogens (primary N) is 1. The molecule has 2 aromatic carbocycles. The number of benzene rings is 2. The van der Waals surface area contributed by atoms with Crippen LogP contribution >= 0.6 is 0 Å². The molecule has 2 fully saturated rings. The molecule has 0 aromatic heterocycles. The van der Waals surface area contributed by atoms with Crippen molar-refractivity contribution in [1.29, 1.82) is 0 Å². The van der Waals surface area contributed by atoms with Crippen molar-refractivity contribution in [2.45, 2.75) is 51.1 Å². The lowest BCUT2D eigenvalue weighted by molar-refractivity contribution is -0.203. The summed E-state index contributed by atoms with van der Waals surface area (Å²) in [5.41, 5.74) is 0.774. The van der Waals surface area contributed by atoms with Gasteiger partial charge in [0.25, 0.3) is 0 Å². The molecule has 0 spiro atoms. The van der Waals surface area contributed by atoms with Gasteiger partial charge in [0.2, 0.25) is 5.91 Å². The highest BCUT2D eigenvalue weighted by atomic mass is 19.4. The molecule has 252 valence electrons. The molecule has 0 radical (unpaired) electrons. The number of halogens is 3. The van der Waals surface area contributed by atoms with Gasteiger partial charge >= 0.3 is 6.18 Å². The number of aliphatic hydroxyl groups is 1. The number of Topliss-reactive ketones (excluding diaryl/α,β-unsaturated/α-hetero) is 4. The van der Waals surface area contributed by atoms with E-state index in [-0.39, 0.29) is 24.9 Å². The van der Waals surface area contributed by atoms with Crippen molar-refractivity contribution in [3.8, 4) is 22.6 Å². The van der Waals surface area contributed by atoms with Crippen molar-refractivity contribution >= 4 is 29.0 Å². The number of phenols is 1. The SMILES string of the molecule is COc1ccc(CNCC(F)(F)F)cc1-c1ccc(O)c2c1C[C@@]1(C)C[C@@]3(C)[C@H](N(C)C)C(=O)C(C(N)=O)C(=O)[C@@]3(O)C(=O)C1C2=O. The molecular weight excluding hydrogens is 623 g/mol. The summed E-state index contributed by atoms with van der Waals surface area (Å²) < 4.78 is 43.8. The molecule has 0 aliphatic heterocycles. The van der Waals surface area contributed by atoms with Crippen LogP contribution in [0.3, 0.4) is 0 Å². The number of aromatic hydroxyl groups is 1. The quantitative estimate of drug-likeness (QED) is 0.322. The lowest BCUT2D eigenvalue weighted by Crippen LogP contribution is -2.79. The van der Waals surface area contributed by atoms with Crippen LogP contribution in [0, 0.1) is 22.7 Å². The van der Waals surface area contributed by atoms with E-state index in [0.29, 0.717) is 28.0 Å². The summed E-state index contributed by atoms with van der Waals surface area (Å²) in [6.07, 6.45) is -4.66. The number of alkyl halides is 3. The monoisotopic (exact) mass is 659 g/mol. The summed E-state index contributed by atoms with van der Waals surface area (Å²) in [5.74, 6) is -9.49. The van der Waals surface area contributed by atoms with Crippen LogP contribution in [0.15, 0.2) is 30.3 Å². The lowest BCUT2D eigenvalue weighted by Gasteiger charge is -2.61. The van der Waals surface area contributed by atoms with Gasteiger partial charge in [-0.3, -0.25) is 28.9 Å². The van der Waals surface area contributed by atoms with Gasteiger partial charge in [0.05, 0.1) is 31.2 Å². The Morgan fingerprint density at radius 3 is 2.32 bits per heavy atom. The molecule has 2 aromatic rings. The second-order valence-corrected chi connectivity index (χ2v) is 13.5. The van der Waals surface area contributed by atoms with Gasteiger partial charge in [-0.2, -0.15) is 13.2 Å². The van der Waals surface area contributed by atoms with E-state index in [1.807, 2.05) is 0 Å². The first-order valence-corrected chi connectivity index (χ1v) is 14.9. The van der Waals surface area contributed by atoms with Crippen LogP contribution in [0.4, 0.5) is 13.2 Å². The summed E-state index contributed by atoms with van der Waals surface area (Å²) in [6, 6.07) is 6.21. The number of hydrogen-bond donors (Lipinski definition) is 4. The van der Waals surface area contributed by atoms with E-state index >= 15 is 0 Å². The Hall–Kier alpha value is -4.14. The highest BCUT2D eigenvalue weighted by Crippen LogP contribution is 2.62. The first-order chi connectivity index (χ1) is 21.7. The highest BCUT2D eigenvalue weighted by Gasteiger charge is 2.76. The number of ketones is 4. The molecule has 2 unspecified atom stereocenters. The van der Waals surface area contributed by atoms with Crippen molar-refractivity contribution in [3.63, 3.8) is 0 Å². The van der Waals surface area contributed by atoms with Crippen LogP contribution in [0.5, 0.6) is 11.5 Å². The first kappa shape index (κ1) is 34.2. The number of carbonyl (C=O) groups is 5. The van der Waals surface area contributed by atoms with Gasteiger partial charge in [-0.1, -0.05) is 26.0 Å². The third-order valence-corrected chi connectivity index (χ3v) is 10.1. The van der Waals surface area contributed by atoms with Crippen LogP contribution in [0.1, 0.15) is 41.8 Å². The summed E-state index contributed by atoms with van der Waals surface area (Å²) >= 11 is 0. The zero-order valence-electron chi connectivity index (χ0n) is 26.4. The predicted octanol–water partition coefficient (Wildman–Crippen LogP) is 1.97. The number of likely N-dealkylation sites (N-methyl/N-ethyl adjacent to an activating group) is 1. The molecule has 5 N–H and O–H groups in total. The minimum absolute atomic E-state index is 0.0403. The number of primary amides is 1.